The minimum Gasteiger partial charge on any atom is -0.494 e. The topological polar surface area (TPSA) is 21.3 Å². The zero-order valence-corrected chi connectivity index (χ0v) is 13.6. The van der Waals surface area contributed by atoms with Crippen LogP contribution in [0.15, 0.2) is 54.6 Å². The standard InChI is InChI=1S/C18H15Cl2NO/c1-22-18-15(19)9-12(10-16(18)20)11-21-17-8-4-6-13-5-2-3-7-14(13)17/h2-10,21H,11H2,1H3. The number of rotatable bonds is 4. The Bertz CT molecular complexity index is 789. The number of benzene rings is 3. The predicted molar refractivity (Wildman–Crippen MR) is 94.3 cm³/mol. The molecule has 0 saturated heterocycles. The Morgan fingerprint density at radius 1 is 0.955 bits per heavy atom. The van der Waals surface area contributed by atoms with Gasteiger partial charge in [0, 0.05) is 17.6 Å². The molecular formula is C18H15Cl2NO. The normalized spacial score (nSPS) is 10.7. The molecule has 3 aromatic carbocycles. The smallest absolute Gasteiger partial charge is 0.156 e. The fraction of sp³-hybridized carbons (Fsp3) is 0.111. The molecule has 0 bridgehead atoms. The average Bonchev–Trinajstić information content (AvgIpc) is 2.52. The van der Waals surface area contributed by atoms with Gasteiger partial charge >= 0.3 is 0 Å². The number of hydrogen-bond donors (Lipinski definition) is 1. The van der Waals surface area contributed by atoms with Gasteiger partial charge in [-0.2, -0.15) is 0 Å². The summed E-state index contributed by atoms with van der Waals surface area (Å²) in [7, 11) is 1.56. The maximum Gasteiger partial charge on any atom is 0.156 e. The Hall–Kier alpha value is -1.90. The van der Waals surface area contributed by atoms with Crippen LogP contribution >= 0.6 is 23.2 Å². The minimum absolute atomic E-state index is 0.511. The van der Waals surface area contributed by atoms with Gasteiger partial charge in [-0.05, 0) is 29.1 Å². The summed E-state index contributed by atoms with van der Waals surface area (Å²) in [6.07, 6.45) is 0. The van der Waals surface area contributed by atoms with Gasteiger partial charge in [-0.3, -0.25) is 0 Å². The van der Waals surface area contributed by atoms with E-state index >= 15 is 0 Å². The molecule has 0 aliphatic rings. The Balaban J connectivity index is 1.85. The monoisotopic (exact) mass is 331 g/mol. The van der Waals surface area contributed by atoms with E-state index in [-0.39, 0.29) is 0 Å². The Morgan fingerprint density at radius 2 is 1.64 bits per heavy atom. The van der Waals surface area contributed by atoms with Gasteiger partial charge in [0.15, 0.2) is 5.75 Å². The molecule has 0 unspecified atom stereocenters. The number of hydrogen-bond acceptors (Lipinski definition) is 2. The van der Waals surface area contributed by atoms with Crippen LogP contribution in [0.5, 0.6) is 5.75 Å². The lowest BCUT2D eigenvalue weighted by Crippen LogP contribution is -2.00. The molecule has 0 amide bonds. The van der Waals surface area contributed by atoms with Gasteiger partial charge in [0.2, 0.25) is 0 Å². The number of nitrogens with one attached hydrogen (secondary N) is 1. The zero-order valence-electron chi connectivity index (χ0n) is 12.1. The van der Waals surface area contributed by atoms with E-state index in [9.17, 15) is 0 Å². The summed E-state index contributed by atoms with van der Waals surface area (Å²) in [6, 6.07) is 18.2. The van der Waals surface area contributed by atoms with E-state index in [2.05, 4.69) is 29.6 Å². The molecule has 3 aromatic rings. The van der Waals surface area contributed by atoms with Crippen LogP contribution in [0.1, 0.15) is 5.56 Å². The van der Waals surface area contributed by atoms with Crippen LogP contribution in [-0.4, -0.2) is 7.11 Å². The summed E-state index contributed by atoms with van der Waals surface area (Å²) in [4.78, 5) is 0. The summed E-state index contributed by atoms with van der Waals surface area (Å²) < 4.78 is 5.17. The van der Waals surface area contributed by atoms with Gasteiger partial charge in [-0.25, -0.2) is 0 Å². The second-order valence-electron chi connectivity index (χ2n) is 4.97. The highest BCUT2D eigenvalue weighted by atomic mass is 35.5. The molecule has 0 spiro atoms. The van der Waals surface area contributed by atoms with Gasteiger partial charge in [0.1, 0.15) is 0 Å². The van der Waals surface area contributed by atoms with Crippen LogP contribution in [0.3, 0.4) is 0 Å². The van der Waals surface area contributed by atoms with Gasteiger partial charge in [-0.1, -0.05) is 59.6 Å². The van der Waals surface area contributed by atoms with Crippen LogP contribution in [0.2, 0.25) is 10.0 Å². The minimum atomic E-state index is 0.511. The first-order valence-corrected chi connectivity index (χ1v) is 7.68. The Morgan fingerprint density at radius 3 is 2.36 bits per heavy atom. The van der Waals surface area contributed by atoms with Gasteiger partial charge in [0.05, 0.1) is 17.2 Å². The molecule has 4 heteroatoms. The van der Waals surface area contributed by atoms with Crippen molar-refractivity contribution in [2.75, 3.05) is 12.4 Å². The fourth-order valence-corrected chi connectivity index (χ4v) is 3.17. The van der Waals surface area contributed by atoms with E-state index in [4.69, 9.17) is 27.9 Å². The van der Waals surface area contributed by atoms with Gasteiger partial charge < -0.3 is 10.1 Å². The van der Waals surface area contributed by atoms with Gasteiger partial charge in [-0.15, -0.1) is 0 Å². The molecule has 3 rings (SSSR count). The highest BCUT2D eigenvalue weighted by Crippen LogP contribution is 2.34. The molecule has 0 aromatic heterocycles. The number of fused-ring (bicyclic) bond motifs is 1. The van der Waals surface area contributed by atoms with Crippen LogP contribution < -0.4 is 10.1 Å². The van der Waals surface area contributed by atoms with Crippen LogP contribution in [0.4, 0.5) is 5.69 Å². The molecule has 0 aliphatic heterocycles. The molecule has 0 heterocycles. The van der Waals surface area contributed by atoms with Crippen molar-refractivity contribution in [1.82, 2.24) is 0 Å². The highest BCUT2D eigenvalue weighted by molar-refractivity contribution is 6.37. The largest absolute Gasteiger partial charge is 0.494 e. The fourth-order valence-electron chi connectivity index (χ4n) is 2.49. The van der Waals surface area contributed by atoms with E-state index < -0.39 is 0 Å². The molecule has 0 fully saturated rings. The third-order valence-corrected chi connectivity index (χ3v) is 4.10. The zero-order chi connectivity index (χ0) is 15.5. The molecule has 112 valence electrons. The average molecular weight is 332 g/mol. The molecule has 0 atom stereocenters. The second-order valence-corrected chi connectivity index (χ2v) is 5.79. The molecule has 0 saturated carbocycles. The highest BCUT2D eigenvalue weighted by Gasteiger charge is 2.08. The first-order chi connectivity index (χ1) is 10.7. The Labute approximate surface area is 139 Å². The summed E-state index contributed by atoms with van der Waals surface area (Å²) >= 11 is 12.3. The number of methoxy groups -OCH3 is 1. The van der Waals surface area contributed by atoms with Crippen molar-refractivity contribution in [3.63, 3.8) is 0 Å². The van der Waals surface area contributed by atoms with Crippen molar-refractivity contribution in [3.8, 4) is 5.75 Å². The Kier molecular flexibility index (Phi) is 4.41. The first kappa shape index (κ1) is 15.0. The van der Waals surface area contributed by atoms with Crippen molar-refractivity contribution < 1.29 is 4.74 Å². The van der Waals surface area contributed by atoms with Crippen molar-refractivity contribution in [3.05, 3.63) is 70.2 Å². The van der Waals surface area contributed by atoms with E-state index in [1.807, 2.05) is 30.3 Å². The van der Waals surface area contributed by atoms with E-state index in [1.54, 1.807) is 7.11 Å². The molecule has 1 N–H and O–H groups in total. The maximum absolute atomic E-state index is 6.17. The predicted octanol–water partition coefficient (Wildman–Crippen LogP) is 5.77. The molecular weight excluding hydrogens is 317 g/mol. The van der Waals surface area contributed by atoms with Crippen LogP contribution in [0, 0.1) is 0 Å². The molecule has 0 radical (unpaired) electrons. The van der Waals surface area contributed by atoms with Crippen molar-refractivity contribution in [2.24, 2.45) is 0 Å². The van der Waals surface area contributed by atoms with Crippen LogP contribution in [-0.2, 0) is 6.54 Å². The molecule has 2 nitrogen and oxygen atoms in total. The van der Waals surface area contributed by atoms with Gasteiger partial charge in [0.25, 0.3) is 0 Å². The van der Waals surface area contributed by atoms with Crippen molar-refractivity contribution >= 4 is 39.7 Å². The SMILES string of the molecule is COc1c(Cl)cc(CNc2cccc3ccccc23)cc1Cl. The van der Waals surface area contributed by atoms with Crippen molar-refractivity contribution in [1.29, 1.82) is 0 Å². The number of ether oxygens (including phenoxy) is 1. The lowest BCUT2D eigenvalue weighted by molar-refractivity contribution is 0.415. The summed E-state index contributed by atoms with van der Waals surface area (Å²) in [5.41, 5.74) is 2.09. The van der Waals surface area contributed by atoms with E-state index in [0.29, 0.717) is 22.3 Å². The lowest BCUT2D eigenvalue weighted by Gasteiger charge is -2.12. The molecule has 22 heavy (non-hydrogen) atoms. The first-order valence-electron chi connectivity index (χ1n) is 6.92. The lowest BCUT2D eigenvalue weighted by atomic mass is 10.1. The van der Waals surface area contributed by atoms with E-state index in [1.165, 1.54) is 10.8 Å². The molecule has 0 aliphatic carbocycles. The maximum atomic E-state index is 6.17. The quantitative estimate of drug-likeness (QED) is 0.655. The van der Waals surface area contributed by atoms with Crippen molar-refractivity contribution in [2.45, 2.75) is 6.54 Å². The summed E-state index contributed by atoms with van der Waals surface area (Å²) in [5.74, 6) is 0.511. The number of anilines is 1. The van der Waals surface area contributed by atoms with E-state index in [0.717, 1.165) is 11.3 Å². The third-order valence-electron chi connectivity index (χ3n) is 3.53. The summed E-state index contributed by atoms with van der Waals surface area (Å²) in [5, 5.41) is 6.87. The summed E-state index contributed by atoms with van der Waals surface area (Å²) in [6.45, 7) is 0.636. The third kappa shape index (κ3) is 2.99. The number of halogens is 2. The van der Waals surface area contributed by atoms with Crippen LogP contribution in [0.25, 0.3) is 10.8 Å². The second kappa shape index (κ2) is 6.47.